The number of nitrogens with one attached hydrogen (secondary N) is 1. The number of esters is 1. The van der Waals surface area contributed by atoms with Gasteiger partial charge >= 0.3 is 16.2 Å². The molecule has 0 saturated carbocycles. The molecule has 6 nitrogen and oxygen atoms in total. The average molecular weight is 286 g/mol. The summed E-state index contributed by atoms with van der Waals surface area (Å²) in [6.07, 6.45) is 0.0156. The Labute approximate surface area is 113 Å². The highest BCUT2D eigenvalue weighted by molar-refractivity contribution is 7.90. The highest BCUT2D eigenvalue weighted by Gasteiger charge is 2.18. The summed E-state index contributed by atoms with van der Waals surface area (Å²) in [4.78, 5) is 11.0. The van der Waals surface area contributed by atoms with Gasteiger partial charge in [0.25, 0.3) is 0 Å². The lowest BCUT2D eigenvalue weighted by Gasteiger charge is -2.17. The Morgan fingerprint density at radius 3 is 2.68 bits per heavy atom. The largest absolute Gasteiger partial charge is 0.469 e. The molecule has 0 bridgehead atoms. The van der Waals surface area contributed by atoms with Crippen molar-refractivity contribution in [1.82, 2.24) is 4.31 Å². The smallest absolute Gasteiger partial charge is 0.306 e. The van der Waals surface area contributed by atoms with Crippen LogP contribution in [0.15, 0.2) is 24.3 Å². The summed E-state index contributed by atoms with van der Waals surface area (Å²) in [5.41, 5.74) is 1.45. The third-order valence-electron chi connectivity index (χ3n) is 2.53. The Balaban J connectivity index is 2.67. The zero-order chi connectivity index (χ0) is 14.5. The van der Waals surface area contributed by atoms with E-state index in [2.05, 4.69) is 9.46 Å². The standard InChI is InChI=1S/C12H18N2O4S/c1-10-5-4-6-11(9-10)13-19(16,17)14(2)8-7-12(15)18-3/h4-6,9,13H,7-8H2,1-3H3. The van der Waals surface area contributed by atoms with Crippen LogP contribution in [0, 0.1) is 6.92 Å². The Kier molecular flexibility index (Phi) is 5.31. The zero-order valence-corrected chi connectivity index (χ0v) is 12.0. The van der Waals surface area contributed by atoms with Crippen molar-refractivity contribution in [2.45, 2.75) is 13.3 Å². The van der Waals surface area contributed by atoms with Gasteiger partial charge in [-0.1, -0.05) is 12.1 Å². The van der Waals surface area contributed by atoms with Crippen molar-refractivity contribution in [3.63, 3.8) is 0 Å². The first-order valence-corrected chi connectivity index (χ1v) is 7.16. The minimum atomic E-state index is -3.66. The van der Waals surface area contributed by atoms with Gasteiger partial charge in [-0.2, -0.15) is 12.7 Å². The van der Waals surface area contributed by atoms with Gasteiger partial charge in [-0.15, -0.1) is 0 Å². The molecule has 19 heavy (non-hydrogen) atoms. The molecule has 0 aliphatic heterocycles. The van der Waals surface area contributed by atoms with Gasteiger partial charge in [0.05, 0.1) is 19.2 Å². The van der Waals surface area contributed by atoms with Crippen LogP contribution in [0.2, 0.25) is 0 Å². The summed E-state index contributed by atoms with van der Waals surface area (Å²) >= 11 is 0. The molecule has 1 rings (SSSR count). The topological polar surface area (TPSA) is 75.7 Å². The maximum absolute atomic E-state index is 12.0. The Hall–Kier alpha value is -1.60. The van der Waals surface area contributed by atoms with Crippen LogP contribution in [-0.2, 0) is 19.7 Å². The molecule has 0 fully saturated rings. The summed E-state index contributed by atoms with van der Waals surface area (Å²) in [5.74, 6) is -0.447. The van der Waals surface area contributed by atoms with Crippen LogP contribution in [-0.4, -0.2) is 39.4 Å². The lowest BCUT2D eigenvalue weighted by atomic mass is 10.2. The Bertz CT molecular complexity index is 542. The monoisotopic (exact) mass is 286 g/mol. The predicted molar refractivity (Wildman–Crippen MR) is 73.0 cm³/mol. The van der Waals surface area contributed by atoms with Crippen molar-refractivity contribution in [2.24, 2.45) is 0 Å². The molecule has 1 aromatic rings. The van der Waals surface area contributed by atoms with Gasteiger partial charge in [0, 0.05) is 13.6 Å². The van der Waals surface area contributed by atoms with Gasteiger partial charge in [-0.25, -0.2) is 0 Å². The van der Waals surface area contributed by atoms with Crippen molar-refractivity contribution in [1.29, 1.82) is 0 Å². The fourth-order valence-electron chi connectivity index (χ4n) is 1.41. The molecule has 0 aliphatic carbocycles. The maximum Gasteiger partial charge on any atom is 0.306 e. The van der Waals surface area contributed by atoms with Gasteiger partial charge in [0.15, 0.2) is 0 Å². The fraction of sp³-hybridized carbons (Fsp3) is 0.417. The number of anilines is 1. The third-order valence-corrected chi connectivity index (χ3v) is 4.03. The molecule has 0 radical (unpaired) electrons. The van der Waals surface area contributed by atoms with Crippen LogP contribution in [0.5, 0.6) is 0 Å². The molecule has 0 spiro atoms. The molecule has 0 amide bonds. The van der Waals surface area contributed by atoms with Crippen molar-refractivity contribution in [3.8, 4) is 0 Å². The number of hydrogen-bond donors (Lipinski definition) is 1. The summed E-state index contributed by atoms with van der Waals surface area (Å²) in [5, 5.41) is 0. The number of rotatable bonds is 6. The molecule has 0 saturated heterocycles. The first-order valence-electron chi connectivity index (χ1n) is 5.72. The molecular weight excluding hydrogens is 268 g/mol. The third kappa shape index (κ3) is 4.88. The second kappa shape index (κ2) is 6.53. The van der Waals surface area contributed by atoms with Crippen molar-refractivity contribution >= 4 is 21.9 Å². The second-order valence-corrected chi connectivity index (χ2v) is 5.90. The van der Waals surface area contributed by atoms with E-state index >= 15 is 0 Å². The Morgan fingerprint density at radius 1 is 1.42 bits per heavy atom. The highest BCUT2D eigenvalue weighted by atomic mass is 32.2. The molecular formula is C12H18N2O4S. The zero-order valence-electron chi connectivity index (χ0n) is 11.2. The van der Waals surface area contributed by atoms with E-state index in [1.54, 1.807) is 18.2 Å². The van der Waals surface area contributed by atoms with Gasteiger partial charge in [-0.3, -0.25) is 9.52 Å². The summed E-state index contributed by atoms with van der Waals surface area (Å²) in [6, 6.07) is 7.03. The molecule has 0 aliphatic rings. The summed E-state index contributed by atoms with van der Waals surface area (Å²) in [7, 11) is -0.989. The maximum atomic E-state index is 12.0. The number of methoxy groups -OCH3 is 1. The number of carbonyl (C=O) groups excluding carboxylic acids is 1. The molecule has 0 atom stereocenters. The molecule has 1 aromatic carbocycles. The van der Waals surface area contributed by atoms with Crippen LogP contribution in [0.25, 0.3) is 0 Å². The van der Waals surface area contributed by atoms with Gasteiger partial charge in [0.1, 0.15) is 0 Å². The number of benzene rings is 1. The first-order chi connectivity index (χ1) is 8.85. The fourth-order valence-corrected chi connectivity index (χ4v) is 2.32. The van der Waals surface area contributed by atoms with E-state index in [0.29, 0.717) is 5.69 Å². The quantitative estimate of drug-likeness (QED) is 0.796. The summed E-state index contributed by atoms with van der Waals surface area (Å²) < 4.78 is 31.9. The minimum Gasteiger partial charge on any atom is -0.469 e. The number of carbonyl (C=O) groups is 1. The van der Waals surface area contributed by atoms with Gasteiger partial charge in [0.2, 0.25) is 0 Å². The van der Waals surface area contributed by atoms with Crippen molar-refractivity contribution in [2.75, 3.05) is 25.4 Å². The molecule has 7 heteroatoms. The van der Waals surface area contributed by atoms with Crippen molar-refractivity contribution < 1.29 is 17.9 Å². The van der Waals surface area contributed by atoms with E-state index in [0.717, 1.165) is 9.87 Å². The molecule has 106 valence electrons. The van der Waals surface area contributed by atoms with E-state index < -0.39 is 16.2 Å². The number of ether oxygens (including phenoxy) is 1. The average Bonchev–Trinajstić information content (AvgIpc) is 2.34. The molecule has 0 aromatic heterocycles. The lowest BCUT2D eigenvalue weighted by Crippen LogP contribution is -2.34. The number of nitrogens with zero attached hydrogens (tertiary/aromatic N) is 1. The van der Waals surface area contributed by atoms with E-state index in [4.69, 9.17) is 0 Å². The predicted octanol–water partition coefficient (Wildman–Crippen LogP) is 1.15. The molecule has 0 heterocycles. The number of hydrogen-bond acceptors (Lipinski definition) is 4. The van der Waals surface area contributed by atoms with Gasteiger partial charge in [-0.05, 0) is 24.6 Å². The second-order valence-electron chi connectivity index (χ2n) is 4.12. The van der Waals surface area contributed by atoms with Crippen LogP contribution in [0.1, 0.15) is 12.0 Å². The van der Waals surface area contributed by atoms with Crippen molar-refractivity contribution in [3.05, 3.63) is 29.8 Å². The van der Waals surface area contributed by atoms with Crippen LogP contribution < -0.4 is 4.72 Å². The Morgan fingerprint density at radius 2 is 2.11 bits per heavy atom. The summed E-state index contributed by atoms with van der Waals surface area (Å²) in [6.45, 7) is 1.94. The number of aryl methyl sites for hydroxylation is 1. The van der Waals surface area contributed by atoms with Crippen LogP contribution >= 0.6 is 0 Å². The van der Waals surface area contributed by atoms with E-state index in [-0.39, 0.29) is 13.0 Å². The lowest BCUT2D eigenvalue weighted by molar-refractivity contribution is -0.140. The van der Waals surface area contributed by atoms with E-state index in [1.165, 1.54) is 14.2 Å². The highest BCUT2D eigenvalue weighted by Crippen LogP contribution is 2.13. The van der Waals surface area contributed by atoms with E-state index in [9.17, 15) is 13.2 Å². The minimum absolute atomic E-state index is 0.0156. The SMILES string of the molecule is COC(=O)CCN(C)S(=O)(=O)Nc1cccc(C)c1. The normalized spacial score (nSPS) is 11.4. The van der Waals surface area contributed by atoms with E-state index in [1.807, 2.05) is 13.0 Å². The first kappa shape index (κ1) is 15.5. The molecule has 1 N–H and O–H groups in total. The van der Waals surface area contributed by atoms with Gasteiger partial charge < -0.3 is 4.74 Å². The van der Waals surface area contributed by atoms with Crippen LogP contribution in [0.4, 0.5) is 5.69 Å². The van der Waals surface area contributed by atoms with Crippen LogP contribution in [0.3, 0.4) is 0 Å². The molecule has 0 unspecified atom stereocenters.